The van der Waals surface area contributed by atoms with Crippen LogP contribution in [0.2, 0.25) is 0 Å². The number of halogens is 3. The summed E-state index contributed by atoms with van der Waals surface area (Å²) in [4.78, 5) is 1.71. The van der Waals surface area contributed by atoms with Crippen molar-refractivity contribution in [2.45, 2.75) is 26.3 Å². The van der Waals surface area contributed by atoms with Crippen molar-refractivity contribution in [3.8, 4) is 0 Å². The highest BCUT2D eigenvalue weighted by atomic mass is 79.9. The van der Waals surface area contributed by atoms with Gasteiger partial charge in [-0.2, -0.15) is 0 Å². The molecule has 0 radical (unpaired) electrons. The molecule has 0 amide bonds. The first kappa shape index (κ1) is 9.86. The molecule has 74 valence electrons. The molecule has 0 heterocycles. The highest BCUT2D eigenvalue weighted by Gasteiger charge is 2.54. The summed E-state index contributed by atoms with van der Waals surface area (Å²) >= 11 is 11.4. The van der Waals surface area contributed by atoms with E-state index in [2.05, 4.69) is 72.1 Å². The fourth-order valence-electron chi connectivity index (χ4n) is 2.77. The molecule has 3 rings (SSSR count). The Morgan fingerprint density at radius 2 is 1.14 bits per heavy atom. The summed E-state index contributed by atoms with van der Waals surface area (Å²) in [6, 6.07) is 8.81. The van der Waals surface area contributed by atoms with Crippen molar-refractivity contribution >= 4 is 47.8 Å². The third-order valence-corrected chi connectivity index (χ3v) is 7.52. The lowest BCUT2D eigenvalue weighted by Crippen LogP contribution is -2.21. The van der Waals surface area contributed by atoms with E-state index < -0.39 is 0 Å². The molecule has 0 aromatic heterocycles. The highest BCUT2D eigenvalue weighted by molar-refractivity contribution is 9.12. The fraction of sp³-hybridized carbons (Fsp3) is 0.455. The van der Waals surface area contributed by atoms with Gasteiger partial charge in [-0.15, -0.1) is 0 Å². The third kappa shape index (κ3) is 1.09. The molecule has 3 heteroatoms. The van der Waals surface area contributed by atoms with Crippen LogP contribution >= 0.6 is 47.8 Å². The summed E-state index contributed by atoms with van der Waals surface area (Å²) in [7, 11) is 0. The van der Waals surface area contributed by atoms with Crippen molar-refractivity contribution in [3.05, 3.63) is 35.4 Å². The Kier molecular flexibility index (Phi) is 2.34. The van der Waals surface area contributed by atoms with Crippen LogP contribution in [-0.2, 0) is 0 Å². The SMILES string of the molecule is BrC1[C@H]2c3ccccc3[C@@H]1[C@H](Br)[C@@H]2Br. The lowest BCUT2D eigenvalue weighted by Gasteiger charge is -2.24. The van der Waals surface area contributed by atoms with Crippen molar-refractivity contribution in [3.63, 3.8) is 0 Å². The van der Waals surface area contributed by atoms with Crippen molar-refractivity contribution in [2.24, 2.45) is 0 Å². The van der Waals surface area contributed by atoms with Gasteiger partial charge < -0.3 is 0 Å². The van der Waals surface area contributed by atoms with Gasteiger partial charge in [0.1, 0.15) is 0 Å². The molecule has 0 nitrogen and oxygen atoms in total. The predicted molar refractivity (Wildman–Crippen MR) is 70.1 cm³/mol. The Labute approximate surface area is 109 Å². The zero-order chi connectivity index (χ0) is 9.87. The maximum Gasteiger partial charge on any atom is 0.0357 e. The molecule has 2 aliphatic rings. The van der Waals surface area contributed by atoms with Gasteiger partial charge in [-0.25, -0.2) is 0 Å². The zero-order valence-electron chi connectivity index (χ0n) is 7.33. The second-order valence-corrected chi connectivity index (χ2v) is 7.19. The van der Waals surface area contributed by atoms with Gasteiger partial charge in [0.25, 0.3) is 0 Å². The maximum atomic E-state index is 3.83. The first-order valence-electron chi connectivity index (χ1n) is 4.73. The molecule has 0 aliphatic heterocycles. The van der Waals surface area contributed by atoms with Crippen LogP contribution in [0.25, 0.3) is 0 Å². The van der Waals surface area contributed by atoms with Gasteiger partial charge in [0.15, 0.2) is 0 Å². The van der Waals surface area contributed by atoms with Crippen LogP contribution in [0.5, 0.6) is 0 Å². The van der Waals surface area contributed by atoms with E-state index in [0.29, 0.717) is 26.3 Å². The van der Waals surface area contributed by atoms with Crippen LogP contribution in [0.3, 0.4) is 0 Å². The minimum atomic E-state index is 0.562. The first-order chi connectivity index (χ1) is 6.72. The number of hydrogen-bond donors (Lipinski definition) is 0. The van der Waals surface area contributed by atoms with Crippen LogP contribution < -0.4 is 0 Å². The number of fused-ring (bicyclic) bond motifs is 5. The Morgan fingerprint density at radius 3 is 1.57 bits per heavy atom. The van der Waals surface area contributed by atoms with Gasteiger partial charge in [0.05, 0.1) is 0 Å². The average molecular weight is 381 g/mol. The number of rotatable bonds is 0. The minimum Gasteiger partial charge on any atom is -0.0876 e. The third-order valence-electron chi connectivity index (χ3n) is 3.39. The van der Waals surface area contributed by atoms with Crippen molar-refractivity contribution in [1.29, 1.82) is 0 Å². The minimum absolute atomic E-state index is 0.562. The summed E-state index contributed by atoms with van der Waals surface area (Å²) in [5, 5.41) is 0. The average Bonchev–Trinajstić information content (AvgIpc) is 2.58. The van der Waals surface area contributed by atoms with E-state index in [1.165, 1.54) is 11.1 Å². The Bertz CT molecular complexity index is 342. The largest absolute Gasteiger partial charge is 0.0876 e. The van der Waals surface area contributed by atoms with Crippen LogP contribution in [-0.4, -0.2) is 14.5 Å². The van der Waals surface area contributed by atoms with Crippen LogP contribution in [0.15, 0.2) is 24.3 Å². The van der Waals surface area contributed by atoms with E-state index in [0.717, 1.165) is 0 Å². The molecular formula is C11H9Br3. The van der Waals surface area contributed by atoms with Gasteiger partial charge in [-0.1, -0.05) is 72.1 Å². The van der Waals surface area contributed by atoms with E-state index >= 15 is 0 Å². The summed E-state index contributed by atoms with van der Waals surface area (Å²) in [5.74, 6) is 1.25. The second-order valence-electron chi connectivity index (χ2n) is 4.01. The molecule has 1 saturated carbocycles. The topological polar surface area (TPSA) is 0 Å². The van der Waals surface area contributed by atoms with Gasteiger partial charge in [0, 0.05) is 26.3 Å². The first-order valence-corrected chi connectivity index (χ1v) is 7.47. The second kappa shape index (κ2) is 3.33. The van der Waals surface area contributed by atoms with E-state index in [1.807, 2.05) is 0 Å². The van der Waals surface area contributed by atoms with E-state index in [9.17, 15) is 0 Å². The van der Waals surface area contributed by atoms with Gasteiger partial charge in [-0.05, 0) is 11.1 Å². The van der Waals surface area contributed by atoms with Crippen molar-refractivity contribution in [2.75, 3.05) is 0 Å². The maximum absolute atomic E-state index is 3.83. The smallest absolute Gasteiger partial charge is 0.0357 e. The standard InChI is InChI=1S/C11H9Br3/c12-9-7-5-3-1-2-4-6(5)8(9)11(14)10(7)13/h1-4,7-11H/t7-,8+,9?,10-,11+. The van der Waals surface area contributed by atoms with E-state index in [4.69, 9.17) is 0 Å². The molecule has 2 bridgehead atoms. The number of alkyl halides is 3. The summed E-state index contributed by atoms with van der Waals surface area (Å²) < 4.78 is 0. The molecule has 1 unspecified atom stereocenters. The predicted octanol–water partition coefficient (Wildman–Crippen LogP) is 4.17. The van der Waals surface area contributed by atoms with Gasteiger partial charge in [-0.3, -0.25) is 0 Å². The molecule has 0 saturated heterocycles. The molecule has 2 aliphatic carbocycles. The monoisotopic (exact) mass is 378 g/mol. The Morgan fingerprint density at radius 1 is 0.714 bits per heavy atom. The lowest BCUT2D eigenvalue weighted by molar-refractivity contribution is 0.772. The quantitative estimate of drug-likeness (QED) is 0.592. The molecule has 14 heavy (non-hydrogen) atoms. The van der Waals surface area contributed by atoms with Crippen molar-refractivity contribution < 1.29 is 0 Å². The fourth-order valence-corrected chi connectivity index (χ4v) is 6.71. The molecule has 1 fully saturated rings. The molecule has 0 spiro atoms. The zero-order valence-corrected chi connectivity index (χ0v) is 12.1. The highest BCUT2D eigenvalue weighted by Crippen LogP contribution is 2.60. The molecule has 0 N–H and O–H groups in total. The van der Waals surface area contributed by atoms with E-state index in [1.54, 1.807) is 0 Å². The Balaban J connectivity index is 2.19. The molecule has 5 atom stereocenters. The van der Waals surface area contributed by atoms with Gasteiger partial charge >= 0.3 is 0 Å². The molecule has 1 aromatic carbocycles. The normalized spacial score (nSPS) is 44.1. The lowest BCUT2D eigenvalue weighted by atomic mass is 9.92. The van der Waals surface area contributed by atoms with Crippen molar-refractivity contribution in [1.82, 2.24) is 0 Å². The number of benzene rings is 1. The Hall–Kier alpha value is 0.660. The summed E-state index contributed by atoms with van der Waals surface area (Å²) in [6.45, 7) is 0. The number of hydrogen-bond acceptors (Lipinski definition) is 0. The van der Waals surface area contributed by atoms with Gasteiger partial charge in [0.2, 0.25) is 0 Å². The van der Waals surface area contributed by atoms with Crippen LogP contribution in [0.1, 0.15) is 23.0 Å². The summed E-state index contributed by atoms with van der Waals surface area (Å²) in [6.07, 6.45) is 0. The summed E-state index contributed by atoms with van der Waals surface area (Å²) in [5.41, 5.74) is 3.05. The van der Waals surface area contributed by atoms with E-state index in [-0.39, 0.29) is 0 Å². The van der Waals surface area contributed by atoms with Crippen LogP contribution in [0.4, 0.5) is 0 Å². The van der Waals surface area contributed by atoms with Crippen LogP contribution in [0, 0.1) is 0 Å². The molecule has 1 aromatic rings. The molecular weight excluding hydrogens is 372 g/mol.